The molecule has 0 aliphatic rings. The van der Waals surface area contributed by atoms with E-state index in [1.165, 1.54) is 24.3 Å². The quantitative estimate of drug-likeness (QED) is 0.109. The van der Waals surface area contributed by atoms with E-state index < -0.39 is 40.8 Å². The molecule has 3 aromatic rings. The Balaban J connectivity index is 1.63. The highest BCUT2D eigenvalue weighted by Gasteiger charge is 2.41. The molecule has 0 heterocycles. The third kappa shape index (κ3) is 8.69. The summed E-state index contributed by atoms with van der Waals surface area (Å²) in [5.41, 5.74) is 1.75. The molecule has 0 saturated heterocycles. The van der Waals surface area contributed by atoms with Crippen molar-refractivity contribution in [1.82, 2.24) is 0 Å². The third-order valence-electron chi connectivity index (χ3n) is 6.40. The zero-order valence-electron chi connectivity index (χ0n) is 22.7. The second-order valence-corrected chi connectivity index (χ2v) is 12.7. The Kier molecular flexibility index (Phi) is 11.3. The second kappa shape index (κ2) is 13.9. The first-order valence-corrected chi connectivity index (χ1v) is 15.4. The number of rotatable bonds is 14. The lowest BCUT2D eigenvalue weighted by Gasteiger charge is -2.28. The third-order valence-corrected chi connectivity index (χ3v) is 8.56. The van der Waals surface area contributed by atoms with Gasteiger partial charge in [0, 0.05) is 17.7 Å². The molecule has 0 spiro atoms. The van der Waals surface area contributed by atoms with Gasteiger partial charge >= 0.3 is 6.11 Å². The van der Waals surface area contributed by atoms with Crippen LogP contribution < -0.4 is 9.47 Å². The molecule has 0 bridgehead atoms. The summed E-state index contributed by atoms with van der Waals surface area (Å²) in [6.07, 6.45) is -6.37. The highest BCUT2D eigenvalue weighted by molar-refractivity contribution is 7.86. The zero-order chi connectivity index (χ0) is 30.4. The summed E-state index contributed by atoms with van der Waals surface area (Å²) in [6.45, 7) is 5.33. The van der Waals surface area contributed by atoms with Gasteiger partial charge in [-0.15, -0.1) is 11.6 Å². The Bertz CT molecular complexity index is 1390. The average Bonchev–Trinajstić information content (AvgIpc) is 2.90. The average molecular weight is 652 g/mol. The van der Waals surface area contributed by atoms with Crippen LogP contribution in [0.1, 0.15) is 43.4 Å². The van der Waals surface area contributed by atoms with Gasteiger partial charge in [-0.05, 0) is 60.9 Å². The Morgan fingerprint density at radius 3 is 2.07 bits per heavy atom. The van der Waals surface area contributed by atoms with E-state index in [0.29, 0.717) is 34.7 Å². The molecule has 12 heteroatoms. The summed E-state index contributed by atoms with van der Waals surface area (Å²) < 4.78 is 68.9. The van der Waals surface area contributed by atoms with E-state index in [9.17, 15) is 22.3 Å². The van der Waals surface area contributed by atoms with Crippen LogP contribution in [-0.4, -0.2) is 44.8 Å². The summed E-state index contributed by atoms with van der Waals surface area (Å²) in [7, 11) is -4.16. The molecule has 1 N–H and O–H groups in total. The SMILES string of the molecule is Cc1ccc(S(=O)(=O)OCCC(O)C(F)(F)Oc2ccc(C(C)(C)c3cc(Cl)c(OCCCCl)c(Cl)c3)cc2)cc1. The Morgan fingerprint density at radius 1 is 0.927 bits per heavy atom. The summed E-state index contributed by atoms with van der Waals surface area (Å²) in [5.74, 6) is 0.611. The first-order chi connectivity index (χ1) is 19.2. The molecule has 0 aromatic heterocycles. The first-order valence-electron chi connectivity index (χ1n) is 12.7. The van der Waals surface area contributed by atoms with Crippen LogP contribution in [0.3, 0.4) is 0 Å². The molecule has 41 heavy (non-hydrogen) atoms. The van der Waals surface area contributed by atoms with Gasteiger partial charge in [-0.1, -0.05) is 66.9 Å². The summed E-state index contributed by atoms with van der Waals surface area (Å²) in [4.78, 5) is -0.111. The van der Waals surface area contributed by atoms with Crippen molar-refractivity contribution >= 4 is 44.9 Å². The van der Waals surface area contributed by atoms with E-state index >= 15 is 0 Å². The van der Waals surface area contributed by atoms with Crippen LogP contribution in [0.4, 0.5) is 8.78 Å². The van der Waals surface area contributed by atoms with E-state index in [-0.39, 0.29) is 10.6 Å². The monoisotopic (exact) mass is 650 g/mol. The van der Waals surface area contributed by atoms with Gasteiger partial charge in [-0.25, -0.2) is 0 Å². The molecule has 3 rings (SSSR count). The number of alkyl halides is 3. The minimum Gasteiger partial charge on any atom is -0.490 e. The van der Waals surface area contributed by atoms with Crippen molar-refractivity contribution < 1.29 is 36.0 Å². The Labute approximate surface area is 254 Å². The van der Waals surface area contributed by atoms with Gasteiger partial charge in [0.05, 0.1) is 28.2 Å². The molecule has 1 unspecified atom stereocenters. The van der Waals surface area contributed by atoms with Gasteiger partial charge in [-0.2, -0.15) is 17.2 Å². The van der Waals surface area contributed by atoms with Crippen molar-refractivity contribution in [2.45, 2.75) is 56.1 Å². The van der Waals surface area contributed by atoms with Gasteiger partial charge in [0.2, 0.25) is 0 Å². The van der Waals surface area contributed by atoms with Crippen molar-refractivity contribution in [2.24, 2.45) is 0 Å². The van der Waals surface area contributed by atoms with E-state index in [1.54, 1.807) is 43.3 Å². The number of aryl methyl sites for hydroxylation is 1. The molecule has 0 amide bonds. The number of ether oxygens (including phenoxy) is 2. The van der Waals surface area contributed by atoms with E-state index in [1.807, 2.05) is 13.8 Å². The second-order valence-electron chi connectivity index (χ2n) is 9.87. The largest absolute Gasteiger partial charge is 0.490 e. The molecule has 0 saturated carbocycles. The molecular weight excluding hydrogens is 621 g/mol. The van der Waals surface area contributed by atoms with Gasteiger partial charge in [-0.3, -0.25) is 4.18 Å². The Hall–Kier alpha value is -2.14. The van der Waals surface area contributed by atoms with Crippen LogP contribution in [0.25, 0.3) is 0 Å². The van der Waals surface area contributed by atoms with Crippen LogP contribution in [0.15, 0.2) is 65.6 Å². The van der Waals surface area contributed by atoms with Crippen molar-refractivity contribution in [1.29, 1.82) is 0 Å². The summed E-state index contributed by atoms with van der Waals surface area (Å²) in [5, 5.41) is 10.7. The molecule has 6 nitrogen and oxygen atoms in total. The van der Waals surface area contributed by atoms with Crippen LogP contribution >= 0.6 is 34.8 Å². The van der Waals surface area contributed by atoms with Gasteiger partial charge in [0.15, 0.2) is 11.9 Å². The summed E-state index contributed by atoms with van der Waals surface area (Å²) in [6, 6.07) is 15.3. The van der Waals surface area contributed by atoms with Gasteiger partial charge in [0.1, 0.15) is 5.75 Å². The molecular formula is C29H31Cl3F2O6S. The number of benzene rings is 3. The van der Waals surface area contributed by atoms with Crippen LogP contribution in [0.2, 0.25) is 10.0 Å². The molecule has 0 fully saturated rings. The maximum Gasteiger partial charge on any atom is 0.424 e. The maximum absolute atomic E-state index is 14.6. The number of hydrogen-bond donors (Lipinski definition) is 1. The smallest absolute Gasteiger partial charge is 0.424 e. The fourth-order valence-electron chi connectivity index (χ4n) is 3.83. The molecule has 1 atom stereocenters. The van der Waals surface area contributed by atoms with Crippen LogP contribution in [0.5, 0.6) is 11.5 Å². The van der Waals surface area contributed by atoms with Gasteiger partial charge < -0.3 is 14.6 Å². The normalized spacial score (nSPS) is 13.2. The number of aliphatic hydroxyl groups excluding tert-OH is 1. The first kappa shape index (κ1) is 33.4. The van der Waals surface area contributed by atoms with Crippen molar-refractivity contribution in [3.05, 3.63) is 87.4 Å². The van der Waals surface area contributed by atoms with Crippen molar-refractivity contribution in [3.63, 3.8) is 0 Å². The highest BCUT2D eigenvalue weighted by Crippen LogP contribution is 2.41. The fourth-order valence-corrected chi connectivity index (χ4v) is 5.46. The van der Waals surface area contributed by atoms with Crippen LogP contribution in [-0.2, 0) is 19.7 Å². The van der Waals surface area contributed by atoms with Crippen LogP contribution in [0, 0.1) is 6.92 Å². The summed E-state index contributed by atoms with van der Waals surface area (Å²) >= 11 is 18.5. The standard InChI is InChI=1S/C29H31Cl3F2O6S/c1-19-5-11-23(12-6-19)41(36,37)39-16-13-26(35)29(33,34)40-22-9-7-20(8-10-22)28(2,3)21-17-24(31)27(25(32)18-21)38-15-4-14-30/h5-12,17-18,26,35H,4,13-16H2,1-3H3. The fraction of sp³-hybridized carbons (Fsp3) is 0.379. The minimum absolute atomic E-state index is 0.111. The predicted octanol–water partition coefficient (Wildman–Crippen LogP) is 7.76. The van der Waals surface area contributed by atoms with E-state index in [0.717, 1.165) is 16.7 Å². The highest BCUT2D eigenvalue weighted by atomic mass is 35.5. The lowest BCUT2D eigenvalue weighted by atomic mass is 9.78. The lowest BCUT2D eigenvalue weighted by molar-refractivity contribution is -0.241. The minimum atomic E-state index is -4.16. The van der Waals surface area contributed by atoms with Crippen molar-refractivity contribution in [2.75, 3.05) is 19.1 Å². The van der Waals surface area contributed by atoms with Crippen molar-refractivity contribution in [3.8, 4) is 11.5 Å². The Morgan fingerprint density at radius 2 is 1.51 bits per heavy atom. The van der Waals surface area contributed by atoms with E-state index in [2.05, 4.69) is 0 Å². The topological polar surface area (TPSA) is 82.1 Å². The van der Waals surface area contributed by atoms with Gasteiger partial charge in [0.25, 0.3) is 10.1 Å². The molecule has 0 radical (unpaired) electrons. The zero-order valence-corrected chi connectivity index (χ0v) is 25.8. The van der Waals surface area contributed by atoms with E-state index in [4.69, 9.17) is 48.5 Å². The number of aliphatic hydroxyl groups is 1. The molecule has 3 aromatic carbocycles. The lowest BCUT2D eigenvalue weighted by Crippen LogP contribution is -2.40. The number of hydrogen-bond acceptors (Lipinski definition) is 6. The maximum atomic E-state index is 14.6. The number of halogens is 5. The molecule has 0 aliphatic carbocycles. The molecule has 224 valence electrons. The predicted molar refractivity (Wildman–Crippen MR) is 156 cm³/mol. The molecule has 0 aliphatic heterocycles.